The standard InChI is InChI=1S/C9H12N2O5.ClH/c1-4(12)8(10)5-2-6(11(15)16)9(14)7(13)3-5;/h2-4,8,12-14H,10H2,1H3;1H/t4-,8-;/m1./s1. The molecule has 5 N–H and O–H groups in total. The van der Waals surface area contributed by atoms with Gasteiger partial charge in [-0.3, -0.25) is 10.1 Å². The first-order chi connectivity index (χ1) is 7.34. The first-order valence-electron chi connectivity index (χ1n) is 4.48. The van der Waals surface area contributed by atoms with Crippen molar-refractivity contribution in [1.29, 1.82) is 0 Å². The largest absolute Gasteiger partial charge is 0.504 e. The second-order valence-corrected chi connectivity index (χ2v) is 3.43. The van der Waals surface area contributed by atoms with Gasteiger partial charge in [0, 0.05) is 6.07 Å². The van der Waals surface area contributed by atoms with E-state index in [4.69, 9.17) is 5.73 Å². The molecule has 0 aliphatic heterocycles. The molecule has 0 heterocycles. The Morgan fingerprint density at radius 2 is 1.94 bits per heavy atom. The number of hydrogen-bond acceptors (Lipinski definition) is 6. The molecule has 1 aromatic rings. The van der Waals surface area contributed by atoms with Gasteiger partial charge in [-0.05, 0) is 18.6 Å². The number of halogens is 1. The molecule has 0 aliphatic carbocycles. The average molecular weight is 265 g/mol. The van der Waals surface area contributed by atoms with Crippen LogP contribution in [0.2, 0.25) is 0 Å². The van der Waals surface area contributed by atoms with E-state index in [1.54, 1.807) is 0 Å². The van der Waals surface area contributed by atoms with Crippen molar-refractivity contribution < 1.29 is 20.2 Å². The van der Waals surface area contributed by atoms with Crippen molar-refractivity contribution in [3.63, 3.8) is 0 Å². The van der Waals surface area contributed by atoms with Crippen LogP contribution in [0.5, 0.6) is 11.5 Å². The lowest BCUT2D eigenvalue weighted by molar-refractivity contribution is -0.386. The first kappa shape index (κ1) is 15.4. The summed E-state index contributed by atoms with van der Waals surface area (Å²) in [6.45, 7) is 1.42. The molecule has 17 heavy (non-hydrogen) atoms. The molecule has 0 unspecified atom stereocenters. The molecule has 8 heteroatoms. The van der Waals surface area contributed by atoms with E-state index in [0.717, 1.165) is 12.1 Å². The lowest BCUT2D eigenvalue weighted by Gasteiger charge is -2.15. The van der Waals surface area contributed by atoms with Crippen molar-refractivity contribution in [1.82, 2.24) is 0 Å². The minimum atomic E-state index is -0.927. The number of benzene rings is 1. The van der Waals surface area contributed by atoms with Gasteiger partial charge in [0.1, 0.15) is 0 Å². The van der Waals surface area contributed by atoms with E-state index in [1.807, 2.05) is 0 Å². The summed E-state index contributed by atoms with van der Waals surface area (Å²) >= 11 is 0. The predicted octanol–water partition coefficient (Wildman–Crippen LogP) is 0.808. The van der Waals surface area contributed by atoms with E-state index in [2.05, 4.69) is 0 Å². The van der Waals surface area contributed by atoms with Gasteiger partial charge in [0.2, 0.25) is 5.75 Å². The predicted molar refractivity (Wildman–Crippen MR) is 62.3 cm³/mol. The second kappa shape index (κ2) is 5.67. The summed E-state index contributed by atoms with van der Waals surface area (Å²) in [6.07, 6.45) is -0.927. The number of rotatable bonds is 3. The molecule has 0 spiro atoms. The summed E-state index contributed by atoms with van der Waals surface area (Å²) in [4.78, 5) is 9.71. The Kier molecular flexibility index (Phi) is 5.14. The van der Waals surface area contributed by atoms with E-state index in [9.17, 15) is 25.4 Å². The van der Waals surface area contributed by atoms with Gasteiger partial charge in [0.15, 0.2) is 5.75 Å². The monoisotopic (exact) mass is 264 g/mol. The number of aliphatic hydroxyl groups excluding tert-OH is 1. The van der Waals surface area contributed by atoms with Crippen LogP contribution in [0.1, 0.15) is 18.5 Å². The third-order valence-corrected chi connectivity index (χ3v) is 2.19. The minimum absolute atomic E-state index is 0. The Morgan fingerprint density at radius 3 is 2.35 bits per heavy atom. The fraction of sp³-hybridized carbons (Fsp3) is 0.333. The zero-order valence-corrected chi connectivity index (χ0v) is 9.72. The molecular formula is C9H13ClN2O5. The molecule has 0 radical (unpaired) electrons. The van der Waals surface area contributed by atoms with E-state index in [0.29, 0.717) is 0 Å². The van der Waals surface area contributed by atoms with E-state index >= 15 is 0 Å². The number of aromatic hydroxyl groups is 2. The van der Waals surface area contributed by atoms with Gasteiger partial charge < -0.3 is 21.1 Å². The highest BCUT2D eigenvalue weighted by molar-refractivity contribution is 5.85. The summed E-state index contributed by atoms with van der Waals surface area (Å²) in [5, 5.41) is 38.3. The summed E-state index contributed by atoms with van der Waals surface area (Å²) in [6, 6.07) is 1.23. The molecule has 96 valence electrons. The highest BCUT2D eigenvalue weighted by Crippen LogP contribution is 2.37. The zero-order valence-electron chi connectivity index (χ0n) is 8.90. The number of aliphatic hydroxyl groups is 1. The summed E-state index contributed by atoms with van der Waals surface area (Å²) in [5.41, 5.74) is 5.09. The Labute approximate surface area is 103 Å². The average Bonchev–Trinajstić information content (AvgIpc) is 2.20. The number of nitrogens with two attached hydrogens (primary N) is 1. The lowest BCUT2D eigenvalue weighted by atomic mass is 10.0. The smallest absolute Gasteiger partial charge is 0.314 e. The van der Waals surface area contributed by atoms with Crippen molar-refractivity contribution in [3.8, 4) is 11.5 Å². The van der Waals surface area contributed by atoms with Crippen molar-refractivity contribution in [3.05, 3.63) is 27.8 Å². The van der Waals surface area contributed by atoms with Crippen LogP contribution in [0.15, 0.2) is 12.1 Å². The second-order valence-electron chi connectivity index (χ2n) is 3.43. The molecule has 2 atom stereocenters. The Hall–Kier alpha value is -1.57. The van der Waals surface area contributed by atoms with E-state index in [1.165, 1.54) is 6.92 Å². The first-order valence-corrected chi connectivity index (χ1v) is 4.48. The van der Waals surface area contributed by atoms with Crippen LogP contribution in [0.25, 0.3) is 0 Å². The van der Waals surface area contributed by atoms with Crippen LogP contribution >= 0.6 is 12.4 Å². The molecule has 1 aromatic carbocycles. The van der Waals surface area contributed by atoms with Crippen molar-refractivity contribution in [2.75, 3.05) is 0 Å². The van der Waals surface area contributed by atoms with Crippen molar-refractivity contribution in [2.45, 2.75) is 19.1 Å². The highest BCUT2D eigenvalue weighted by Gasteiger charge is 2.22. The van der Waals surface area contributed by atoms with Crippen LogP contribution in [0, 0.1) is 10.1 Å². The maximum Gasteiger partial charge on any atom is 0.314 e. The van der Waals surface area contributed by atoms with Gasteiger partial charge in [-0.2, -0.15) is 0 Å². The molecule has 0 aliphatic rings. The molecule has 0 saturated carbocycles. The molecule has 0 amide bonds. The van der Waals surface area contributed by atoms with Gasteiger partial charge in [0.05, 0.1) is 17.1 Å². The van der Waals surface area contributed by atoms with Crippen molar-refractivity contribution >= 4 is 18.1 Å². The number of nitrogens with zero attached hydrogens (tertiary/aromatic N) is 1. The quantitative estimate of drug-likeness (QED) is 0.363. The third-order valence-electron chi connectivity index (χ3n) is 2.19. The SMILES string of the molecule is C[C@@H](O)[C@@H](N)c1cc(O)c(O)c([N+](=O)[O-])c1.Cl. The lowest BCUT2D eigenvalue weighted by Crippen LogP contribution is -2.23. The van der Waals surface area contributed by atoms with Crippen LogP contribution in [-0.4, -0.2) is 26.3 Å². The van der Waals surface area contributed by atoms with Gasteiger partial charge in [-0.15, -0.1) is 12.4 Å². The van der Waals surface area contributed by atoms with Crippen LogP contribution in [-0.2, 0) is 0 Å². The zero-order chi connectivity index (χ0) is 12.5. The van der Waals surface area contributed by atoms with Gasteiger partial charge in [-0.25, -0.2) is 0 Å². The summed E-state index contributed by atoms with van der Waals surface area (Å²) in [5.74, 6) is -1.45. The molecule has 0 fully saturated rings. The Balaban J connectivity index is 0.00000256. The maximum absolute atomic E-state index is 10.5. The molecule has 0 saturated heterocycles. The fourth-order valence-corrected chi connectivity index (χ4v) is 1.24. The number of nitro groups is 1. The number of phenols is 2. The van der Waals surface area contributed by atoms with E-state index < -0.39 is 34.3 Å². The maximum atomic E-state index is 10.5. The van der Waals surface area contributed by atoms with Crippen molar-refractivity contribution in [2.24, 2.45) is 5.73 Å². The molecule has 7 nitrogen and oxygen atoms in total. The summed E-state index contributed by atoms with van der Waals surface area (Å²) in [7, 11) is 0. The normalized spacial score (nSPS) is 13.6. The number of hydrogen-bond donors (Lipinski definition) is 4. The molecule has 0 bridgehead atoms. The van der Waals surface area contributed by atoms with Gasteiger partial charge >= 0.3 is 5.69 Å². The Morgan fingerprint density at radius 1 is 1.41 bits per heavy atom. The third kappa shape index (κ3) is 3.19. The molecule has 0 aromatic heterocycles. The molecular weight excluding hydrogens is 252 g/mol. The number of phenolic OH excluding ortho intramolecular Hbond substituents is 2. The van der Waals surface area contributed by atoms with Crippen LogP contribution in [0.3, 0.4) is 0 Å². The van der Waals surface area contributed by atoms with E-state index in [-0.39, 0.29) is 18.0 Å². The minimum Gasteiger partial charge on any atom is -0.504 e. The van der Waals surface area contributed by atoms with Crippen LogP contribution in [0.4, 0.5) is 5.69 Å². The number of nitro benzene ring substituents is 1. The molecule has 1 rings (SSSR count). The highest BCUT2D eigenvalue weighted by atomic mass is 35.5. The van der Waals surface area contributed by atoms with Gasteiger partial charge in [-0.1, -0.05) is 0 Å². The van der Waals surface area contributed by atoms with Crippen LogP contribution < -0.4 is 5.73 Å². The summed E-state index contributed by atoms with van der Waals surface area (Å²) < 4.78 is 0. The topological polar surface area (TPSA) is 130 Å². The fourth-order valence-electron chi connectivity index (χ4n) is 1.24. The van der Waals surface area contributed by atoms with Gasteiger partial charge in [0.25, 0.3) is 0 Å². The Bertz CT molecular complexity index is 424.